The molecule has 0 aliphatic heterocycles. The highest BCUT2D eigenvalue weighted by molar-refractivity contribution is 5.83. The van der Waals surface area contributed by atoms with E-state index in [-0.39, 0.29) is 0 Å². The van der Waals surface area contributed by atoms with Crippen LogP contribution in [0.15, 0.2) is 218 Å². The van der Waals surface area contributed by atoms with Gasteiger partial charge in [-0.05, 0) is 206 Å². The zero-order valence-corrected chi connectivity index (χ0v) is 40.1. The second kappa shape index (κ2) is 20.6. The molecule has 0 N–H and O–H groups in total. The van der Waals surface area contributed by atoms with E-state index in [1.54, 1.807) is 0 Å². The van der Waals surface area contributed by atoms with Gasteiger partial charge in [0.2, 0.25) is 0 Å². The van der Waals surface area contributed by atoms with E-state index in [1.165, 1.54) is 93.9 Å². The van der Waals surface area contributed by atoms with Crippen molar-refractivity contribution in [3.8, 4) is 0 Å². The predicted molar refractivity (Wildman–Crippen MR) is 299 cm³/mol. The highest BCUT2D eigenvalue weighted by Gasteiger charge is 2.21. The Balaban J connectivity index is 0.796. The van der Waals surface area contributed by atoms with E-state index in [4.69, 9.17) is 0 Å². The Hall–Kier alpha value is -8.14. The fourth-order valence-electron chi connectivity index (χ4n) is 10.3. The fourth-order valence-corrected chi connectivity index (χ4v) is 10.3. The Labute approximate surface area is 415 Å². The summed E-state index contributed by atoms with van der Waals surface area (Å²) in [6.07, 6.45) is 18.6. The van der Waals surface area contributed by atoms with Gasteiger partial charge in [0, 0.05) is 51.2 Å². The third-order valence-electron chi connectivity index (χ3n) is 14.1. The van der Waals surface area contributed by atoms with Crippen LogP contribution in [0.4, 0.5) is 51.2 Å². The highest BCUT2D eigenvalue weighted by atomic mass is 15.2. The molecule has 0 fully saturated rings. The van der Waals surface area contributed by atoms with Crippen molar-refractivity contribution in [2.24, 2.45) is 0 Å². The summed E-state index contributed by atoms with van der Waals surface area (Å²) in [7, 11) is 0. The van der Waals surface area contributed by atoms with Crippen LogP contribution in [-0.2, 0) is 25.7 Å². The molecule has 9 aromatic rings. The molecular formula is C67H59N3. The normalized spacial score (nSPS) is 13.2. The van der Waals surface area contributed by atoms with Crippen molar-refractivity contribution >= 4 is 75.5 Å². The average Bonchev–Trinajstić information content (AvgIpc) is 3.42. The first-order chi connectivity index (χ1) is 34.6. The topological polar surface area (TPSA) is 9.72 Å². The monoisotopic (exact) mass is 905 g/mol. The summed E-state index contributed by atoms with van der Waals surface area (Å²) in [6.45, 7) is 2.14. The Morgan fingerprint density at radius 3 is 1.16 bits per heavy atom. The number of nitrogens with zero attached hydrogens (tertiary/aromatic N) is 3. The molecule has 0 spiro atoms. The molecule has 2 aliphatic rings. The average molecular weight is 906 g/mol. The number of fused-ring (bicyclic) bond motifs is 2. The molecule has 0 heterocycles. The standard InChI is InChI=1S/C67H59N3/c1-50-23-38-60(39-24-50)68(61-40-29-51(30-41-61)25-26-53-33-44-63(45-34-53)69(58-17-4-2-5-18-58)65-48-37-55-13-8-9-15-57(55)49-65)62-42-31-52(32-43-62)27-28-54-35-46-64(47-36-54)70(59-19-6-3-7-20-59)67-22-12-16-56-14-10-11-21-66(56)67/h2-7,12,16-20,22-49H,8-11,13-15,21H2,1H3/b26-25+,28-27+. The molecule has 0 bridgehead atoms. The molecule has 0 radical (unpaired) electrons. The van der Waals surface area contributed by atoms with E-state index in [0.29, 0.717) is 0 Å². The quantitative estimate of drug-likeness (QED) is 0.107. The number of aryl methyl sites for hydroxylation is 4. The zero-order valence-electron chi connectivity index (χ0n) is 40.1. The fraction of sp³-hybridized carbons (Fsp3) is 0.134. The van der Waals surface area contributed by atoms with Crippen LogP contribution < -0.4 is 14.7 Å². The van der Waals surface area contributed by atoms with Crippen LogP contribution in [-0.4, -0.2) is 0 Å². The van der Waals surface area contributed by atoms with Gasteiger partial charge in [-0.3, -0.25) is 0 Å². The van der Waals surface area contributed by atoms with Gasteiger partial charge >= 0.3 is 0 Å². The van der Waals surface area contributed by atoms with Crippen molar-refractivity contribution in [1.29, 1.82) is 0 Å². The maximum Gasteiger partial charge on any atom is 0.0496 e. The number of hydrogen-bond acceptors (Lipinski definition) is 3. The van der Waals surface area contributed by atoms with Gasteiger partial charge in [-0.25, -0.2) is 0 Å². The van der Waals surface area contributed by atoms with Crippen LogP contribution in [0.25, 0.3) is 24.3 Å². The number of para-hydroxylation sites is 2. The maximum atomic E-state index is 2.43. The molecular weight excluding hydrogens is 847 g/mol. The van der Waals surface area contributed by atoms with E-state index >= 15 is 0 Å². The summed E-state index contributed by atoms with van der Waals surface area (Å²) >= 11 is 0. The minimum Gasteiger partial charge on any atom is -0.311 e. The Morgan fingerprint density at radius 1 is 0.286 bits per heavy atom. The van der Waals surface area contributed by atoms with Gasteiger partial charge in [0.25, 0.3) is 0 Å². The largest absolute Gasteiger partial charge is 0.311 e. The van der Waals surface area contributed by atoms with Gasteiger partial charge in [-0.1, -0.05) is 145 Å². The number of benzene rings is 9. The molecule has 0 amide bonds. The first-order valence-electron chi connectivity index (χ1n) is 25.2. The van der Waals surface area contributed by atoms with Crippen molar-refractivity contribution in [1.82, 2.24) is 0 Å². The van der Waals surface area contributed by atoms with Crippen LogP contribution in [0, 0.1) is 6.92 Å². The number of rotatable bonds is 13. The number of anilines is 9. The molecule has 0 aromatic heterocycles. The van der Waals surface area contributed by atoms with E-state index in [9.17, 15) is 0 Å². The van der Waals surface area contributed by atoms with Crippen LogP contribution in [0.3, 0.4) is 0 Å². The number of hydrogen-bond donors (Lipinski definition) is 0. The van der Waals surface area contributed by atoms with Gasteiger partial charge in [0.1, 0.15) is 0 Å². The second-order valence-electron chi connectivity index (χ2n) is 18.8. The maximum absolute atomic E-state index is 2.43. The second-order valence-corrected chi connectivity index (χ2v) is 18.8. The third kappa shape index (κ3) is 9.88. The van der Waals surface area contributed by atoms with Gasteiger partial charge in [-0.15, -0.1) is 0 Å². The van der Waals surface area contributed by atoms with Crippen molar-refractivity contribution in [3.63, 3.8) is 0 Å². The molecule has 2 aliphatic carbocycles. The van der Waals surface area contributed by atoms with Gasteiger partial charge in [0.15, 0.2) is 0 Å². The van der Waals surface area contributed by atoms with Crippen LogP contribution in [0.1, 0.15) is 75.8 Å². The molecule has 342 valence electrons. The molecule has 0 saturated carbocycles. The van der Waals surface area contributed by atoms with Gasteiger partial charge in [0.05, 0.1) is 0 Å². The van der Waals surface area contributed by atoms with Gasteiger partial charge < -0.3 is 14.7 Å². The third-order valence-corrected chi connectivity index (χ3v) is 14.1. The lowest BCUT2D eigenvalue weighted by Crippen LogP contribution is -2.15. The van der Waals surface area contributed by atoms with Crippen LogP contribution in [0.5, 0.6) is 0 Å². The van der Waals surface area contributed by atoms with Crippen LogP contribution >= 0.6 is 0 Å². The van der Waals surface area contributed by atoms with Crippen LogP contribution in [0.2, 0.25) is 0 Å². The lowest BCUT2D eigenvalue weighted by atomic mass is 9.90. The molecule has 3 nitrogen and oxygen atoms in total. The van der Waals surface area contributed by atoms with E-state index in [2.05, 4.69) is 264 Å². The molecule has 70 heavy (non-hydrogen) atoms. The van der Waals surface area contributed by atoms with E-state index < -0.39 is 0 Å². The summed E-state index contributed by atoms with van der Waals surface area (Å²) in [4.78, 5) is 7.14. The lowest BCUT2D eigenvalue weighted by Gasteiger charge is -2.30. The molecule has 0 saturated heterocycles. The molecule has 0 atom stereocenters. The predicted octanol–water partition coefficient (Wildman–Crippen LogP) is 18.5. The molecule has 11 rings (SSSR count). The van der Waals surface area contributed by atoms with Gasteiger partial charge in [-0.2, -0.15) is 0 Å². The van der Waals surface area contributed by atoms with Crippen molar-refractivity contribution in [2.45, 2.75) is 58.3 Å². The Kier molecular flexibility index (Phi) is 13.1. The summed E-state index contributed by atoms with van der Waals surface area (Å²) < 4.78 is 0. The SMILES string of the molecule is Cc1ccc(N(c2ccc(/C=C/c3ccc(N(c4ccccc4)c4ccc5c(c4)CCCC5)cc3)cc2)c2ccc(/C=C/c3ccc(N(c4ccccc4)c4cccc5c4CCCC5)cc3)cc2)cc1. The molecule has 3 heteroatoms. The first-order valence-corrected chi connectivity index (χ1v) is 25.2. The van der Waals surface area contributed by atoms with Crippen molar-refractivity contribution < 1.29 is 0 Å². The summed E-state index contributed by atoms with van der Waals surface area (Å²) in [5.41, 5.74) is 22.4. The van der Waals surface area contributed by atoms with Crippen molar-refractivity contribution in [3.05, 3.63) is 268 Å². The summed E-state index contributed by atoms with van der Waals surface area (Å²) in [5.74, 6) is 0. The lowest BCUT2D eigenvalue weighted by molar-refractivity contribution is 0.685. The first kappa shape index (κ1) is 44.4. The highest BCUT2D eigenvalue weighted by Crippen LogP contribution is 2.41. The van der Waals surface area contributed by atoms with E-state index in [1.807, 2.05) is 0 Å². The Morgan fingerprint density at radius 2 is 0.657 bits per heavy atom. The smallest absolute Gasteiger partial charge is 0.0496 e. The molecule has 0 unspecified atom stereocenters. The van der Waals surface area contributed by atoms with Crippen molar-refractivity contribution in [2.75, 3.05) is 14.7 Å². The van der Waals surface area contributed by atoms with E-state index in [0.717, 1.165) is 58.7 Å². The minimum atomic E-state index is 1.11. The zero-order chi connectivity index (χ0) is 47.1. The minimum absolute atomic E-state index is 1.11. The Bertz CT molecular complexity index is 3220. The summed E-state index contributed by atoms with van der Waals surface area (Å²) in [5, 5.41) is 0. The molecule has 9 aromatic carbocycles. The summed E-state index contributed by atoms with van der Waals surface area (Å²) in [6, 6.07) is 79.8.